The minimum Gasteiger partial charge on any atom is -0.497 e. The molecule has 0 saturated carbocycles. The summed E-state index contributed by atoms with van der Waals surface area (Å²) in [4.78, 5) is 24.4. The second-order valence-corrected chi connectivity index (χ2v) is 5.84. The van der Waals surface area contributed by atoms with Gasteiger partial charge in [-0.2, -0.15) is 0 Å². The zero-order chi connectivity index (χ0) is 18.8. The van der Waals surface area contributed by atoms with Crippen LogP contribution in [-0.2, 0) is 4.74 Å². The Labute approximate surface area is 153 Å². The molecule has 0 spiro atoms. The van der Waals surface area contributed by atoms with Gasteiger partial charge in [0, 0.05) is 0 Å². The first-order chi connectivity index (χ1) is 12.6. The van der Waals surface area contributed by atoms with Crippen molar-refractivity contribution < 1.29 is 23.8 Å². The number of unbranched alkanes of at least 4 members (excludes halogenated alkanes) is 3. The molecule has 2 aromatic rings. The van der Waals surface area contributed by atoms with E-state index in [1.165, 1.54) is 6.07 Å². The standard InChI is InChI=1S/C21H24O5/c1-3-4-5-6-14-25-20(22)16-8-7-9-17(15-16)21(23)26-19-12-10-18(24-2)11-13-19/h7-13,15H,3-6,14H2,1-2H3. The van der Waals surface area contributed by atoms with Crippen LogP contribution >= 0.6 is 0 Å². The molecular weight excluding hydrogens is 332 g/mol. The second-order valence-electron chi connectivity index (χ2n) is 5.84. The molecule has 0 fully saturated rings. The van der Waals surface area contributed by atoms with Crippen molar-refractivity contribution in [3.05, 3.63) is 59.7 Å². The normalized spacial score (nSPS) is 10.2. The molecule has 0 radical (unpaired) electrons. The van der Waals surface area contributed by atoms with Crippen molar-refractivity contribution >= 4 is 11.9 Å². The Morgan fingerprint density at radius 2 is 1.50 bits per heavy atom. The predicted octanol–water partition coefficient (Wildman–Crippen LogP) is 4.65. The van der Waals surface area contributed by atoms with E-state index >= 15 is 0 Å². The minimum absolute atomic E-state index is 0.293. The summed E-state index contributed by atoms with van der Waals surface area (Å²) in [7, 11) is 1.56. The highest BCUT2D eigenvalue weighted by molar-refractivity contribution is 5.96. The molecule has 0 aliphatic heterocycles. The molecule has 0 aliphatic rings. The van der Waals surface area contributed by atoms with Crippen LogP contribution in [0.1, 0.15) is 53.3 Å². The van der Waals surface area contributed by atoms with Gasteiger partial charge in [0.25, 0.3) is 0 Å². The number of benzene rings is 2. The van der Waals surface area contributed by atoms with Crippen molar-refractivity contribution in [3.8, 4) is 11.5 Å². The number of hydrogen-bond donors (Lipinski definition) is 0. The third-order valence-electron chi connectivity index (χ3n) is 3.84. The van der Waals surface area contributed by atoms with Crippen LogP contribution in [-0.4, -0.2) is 25.7 Å². The summed E-state index contributed by atoms with van der Waals surface area (Å²) in [5.41, 5.74) is 0.630. The van der Waals surface area contributed by atoms with Gasteiger partial charge < -0.3 is 14.2 Å². The summed E-state index contributed by atoms with van der Waals surface area (Å²) in [6.45, 7) is 2.52. The maximum absolute atomic E-state index is 12.3. The summed E-state index contributed by atoms with van der Waals surface area (Å²) in [5.74, 6) is 0.113. The quantitative estimate of drug-likeness (QED) is 0.372. The Kier molecular flexibility index (Phi) is 7.68. The lowest BCUT2D eigenvalue weighted by Crippen LogP contribution is -2.11. The van der Waals surface area contributed by atoms with E-state index in [1.807, 2.05) is 0 Å². The first kappa shape index (κ1) is 19.5. The minimum atomic E-state index is -0.534. The van der Waals surface area contributed by atoms with E-state index in [0.29, 0.717) is 29.2 Å². The highest BCUT2D eigenvalue weighted by Gasteiger charge is 2.13. The SMILES string of the molecule is CCCCCCOC(=O)c1cccc(C(=O)Oc2ccc(OC)cc2)c1. The molecule has 0 atom stereocenters. The van der Waals surface area contributed by atoms with Gasteiger partial charge in [-0.25, -0.2) is 9.59 Å². The summed E-state index contributed by atoms with van der Waals surface area (Å²) in [6.07, 6.45) is 4.15. The Morgan fingerprint density at radius 3 is 2.15 bits per heavy atom. The van der Waals surface area contributed by atoms with Crippen LogP contribution in [0.4, 0.5) is 0 Å². The number of carbonyl (C=O) groups is 2. The monoisotopic (exact) mass is 356 g/mol. The van der Waals surface area contributed by atoms with Crippen LogP contribution in [0.5, 0.6) is 11.5 Å². The van der Waals surface area contributed by atoms with E-state index in [4.69, 9.17) is 14.2 Å². The van der Waals surface area contributed by atoms with Gasteiger partial charge in [0.1, 0.15) is 11.5 Å². The number of methoxy groups -OCH3 is 1. The van der Waals surface area contributed by atoms with Crippen LogP contribution < -0.4 is 9.47 Å². The largest absolute Gasteiger partial charge is 0.497 e. The molecule has 0 saturated heterocycles. The molecular formula is C21H24O5. The van der Waals surface area contributed by atoms with E-state index in [2.05, 4.69) is 6.92 Å². The fourth-order valence-electron chi connectivity index (χ4n) is 2.36. The Balaban J connectivity index is 1.94. The number of esters is 2. The summed E-state index contributed by atoms with van der Waals surface area (Å²) < 4.78 is 15.6. The maximum Gasteiger partial charge on any atom is 0.343 e. The molecule has 0 amide bonds. The van der Waals surface area contributed by atoms with Crippen LogP contribution in [0.15, 0.2) is 48.5 Å². The number of hydrogen-bond acceptors (Lipinski definition) is 5. The van der Waals surface area contributed by atoms with Crippen molar-refractivity contribution in [1.82, 2.24) is 0 Å². The molecule has 2 rings (SSSR count). The lowest BCUT2D eigenvalue weighted by atomic mass is 10.1. The molecule has 2 aromatic carbocycles. The lowest BCUT2D eigenvalue weighted by Gasteiger charge is -2.07. The molecule has 0 aromatic heterocycles. The van der Waals surface area contributed by atoms with E-state index in [0.717, 1.165) is 25.7 Å². The van der Waals surface area contributed by atoms with E-state index < -0.39 is 11.9 Å². The van der Waals surface area contributed by atoms with E-state index in [9.17, 15) is 9.59 Å². The topological polar surface area (TPSA) is 61.8 Å². The molecule has 5 nitrogen and oxygen atoms in total. The third-order valence-corrected chi connectivity index (χ3v) is 3.84. The van der Waals surface area contributed by atoms with Gasteiger partial charge in [-0.05, 0) is 48.9 Å². The Bertz CT molecular complexity index is 721. The van der Waals surface area contributed by atoms with Gasteiger partial charge in [-0.15, -0.1) is 0 Å². The van der Waals surface area contributed by atoms with Crippen molar-refractivity contribution in [2.24, 2.45) is 0 Å². The van der Waals surface area contributed by atoms with Crippen LogP contribution in [0.2, 0.25) is 0 Å². The van der Waals surface area contributed by atoms with Crippen molar-refractivity contribution in [3.63, 3.8) is 0 Å². The molecule has 0 aliphatic carbocycles. The highest BCUT2D eigenvalue weighted by atomic mass is 16.5. The smallest absolute Gasteiger partial charge is 0.343 e. The van der Waals surface area contributed by atoms with Gasteiger partial charge in [0.15, 0.2) is 0 Å². The molecule has 26 heavy (non-hydrogen) atoms. The molecule has 138 valence electrons. The first-order valence-electron chi connectivity index (χ1n) is 8.77. The van der Waals surface area contributed by atoms with Crippen LogP contribution in [0.25, 0.3) is 0 Å². The fourth-order valence-corrected chi connectivity index (χ4v) is 2.36. The Morgan fingerprint density at radius 1 is 0.846 bits per heavy atom. The molecule has 0 unspecified atom stereocenters. The molecule has 0 heterocycles. The zero-order valence-electron chi connectivity index (χ0n) is 15.2. The van der Waals surface area contributed by atoms with Gasteiger partial charge in [0.05, 0.1) is 24.8 Å². The molecule has 0 bridgehead atoms. The Hall–Kier alpha value is -2.82. The first-order valence-corrected chi connectivity index (χ1v) is 8.77. The van der Waals surface area contributed by atoms with Gasteiger partial charge in [-0.1, -0.05) is 32.3 Å². The predicted molar refractivity (Wildman–Crippen MR) is 98.8 cm³/mol. The summed E-state index contributed by atoms with van der Waals surface area (Å²) in [6, 6.07) is 13.0. The van der Waals surface area contributed by atoms with Crippen LogP contribution in [0.3, 0.4) is 0 Å². The van der Waals surface area contributed by atoms with E-state index in [-0.39, 0.29) is 0 Å². The highest BCUT2D eigenvalue weighted by Crippen LogP contribution is 2.18. The third kappa shape index (κ3) is 5.92. The summed E-state index contributed by atoms with van der Waals surface area (Å²) in [5, 5.41) is 0. The van der Waals surface area contributed by atoms with Crippen molar-refractivity contribution in [2.45, 2.75) is 32.6 Å². The molecule has 0 N–H and O–H groups in total. The summed E-state index contributed by atoms with van der Waals surface area (Å²) >= 11 is 0. The zero-order valence-corrected chi connectivity index (χ0v) is 15.2. The lowest BCUT2D eigenvalue weighted by molar-refractivity contribution is 0.0498. The number of ether oxygens (including phenoxy) is 3. The fraction of sp³-hybridized carbons (Fsp3) is 0.333. The molecule has 5 heteroatoms. The average Bonchev–Trinajstić information content (AvgIpc) is 2.68. The second kappa shape index (κ2) is 10.2. The van der Waals surface area contributed by atoms with Crippen LogP contribution in [0, 0.1) is 0 Å². The van der Waals surface area contributed by atoms with Gasteiger partial charge in [0.2, 0.25) is 0 Å². The van der Waals surface area contributed by atoms with E-state index in [1.54, 1.807) is 49.6 Å². The maximum atomic E-state index is 12.3. The number of carbonyl (C=O) groups excluding carboxylic acids is 2. The van der Waals surface area contributed by atoms with Crippen molar-refractivity contribution in [1.29, 1.82) is 0 Å². The van der Waals surface area contributed by atoms with Gasteiger partial charge in [-0.3, -0.25) is 0 Å². The average molecular weight is 356 g/mol. The van der Waals surface area contributed by atoms with Crippen molar-refractivity contribution in [2.75, 3.05) is 13.7 Å². The number of rotatable bonds is 9. The van der Waals surface area contributed by atoms with Gasteiger partial charge >= 0.3 is 11.9 Å².